The van der Waals surface area contributed by atoms with Crippen molar-refractivity contribution in [2.45, 2.75) is 44.4 Å². The summed E-state index contributed by atoms with van der Waals surface area (Å²) in [6.45, 7) is 9.15. The van der Waals surface area contributed by atoms with E-state index in [1.165, 1.54) is 11.1 Å². The second kappa shape index (κ2) is 5.01. The Kier molecular flexibility index (Phi) is 3.96. The van der Waals surface area contributed by atoms with Crippen LogP contribution in [0.2, 0.25) is 0 Å². The van der Waals surface area contributed by atoms with Crippen LogP contribution >= 0.6 is 12.4 Å². The van der Waals surface area contributed by atoms with Crippen LogP contribution in [0.1, 0.15) is 44.7 Å². The Morgan fingerprint density at radius 3 is 2.50 bits per heavy atom. The summed E-state index contributed by atoms with van der Waals surface area (Å²) in [5.41, 5.74) is 3.48. The van der Waals surface area contributed by atoms with Crippen molar-refractivity contribution >= 4 is 12.4 Å². The van der Waals surface area contributed by atoms with Gasteiger partial charge in [-0.15, -0.1) is 12.4 Å². The highest BCUT2D eigenvalue weighted by Gasteiger charge is 2.57. The van der Waals surface area contributed by atoms with Crippen molar-refractivity contribution < 1.29 is 5.11 Å². The van der Waals surface area contributed by atoms with Crippen LogP contribution in [-0.4, -0.2) is 24.8 Å². The lowest BCUT2D eigenvalue weighted by molar-refractivity contribution is -0.0582. The average molecular weight is 296 g/mol. The molecule has 2 heterocycles. The Bertz CT molecular complexity index is 486. The minimum Gasteiger partial charge on any atom is -0.396 e. The van der Waals surface area contributed by atoms with Gasteiger partial charge in [0.2, 0.25) is 0 Å². The summed E-state index contributed by atoms with van der Waals surface area (Å²) in [6.07, 6.45) is 2.27. The molecule has 0 atom stereocenters. The van der Waals surface area contributed by atoms with E-state index in [1.807, 2.05) is 0 Å². The van der Waals surface area contributed by atoms with Crippen LogP contribution in [-0.2, 0) is 10.8 Å². The van der Waals surface area contributed by atoms with Crippen LogP contribution in [0.4, 0.5) is 0 Å². The highest BCUT2D eigenvalue weighted by molar-refractivity contribution is 5.85. The first kappa shape index (κ1) is 15.8. The molecule has 2 N–H and O–H groups in total. The van der Waals surface area contributed by atoms with Gasteiger partial charge in [-0.1, -0.05) is 45.0 Å². The summed E-state index contributed by atoms with van der Waals surface area (Å²) in [5, 5.41) is 13.1. The summed E-state index contributed by atoms with van der Waals surface area (Å²) in [4.78, 5) is 0. The summed E-state index contributed by atoms with van der Waals surface area (Å²) in [6, 6.07) is 9.07. The predicted molar refractivity (Wildman–Crippen MR) is 85.7 cm³/mol. The van der Waals surface area contributed by atoms with Gasteiger partial charge in [0.1, 0.15) is 0 Å². The standard InChI is InChI=1S/C17H25NO.ClH/c1-15(2,3)13-5-4-6-14(7-13)17-8-16(9-17,12-19)10-18-11-17;/h4-7,18-19H,8-12H2,1-3H3;1H. The Balaban J connectivity index is 0.00000147. The van der Waals surface area contributed by atoms with Crippen LogP contribution in [0, 0.1) is 5.41 Å². The molecular formula is C17H26ClNO. The Morgan fingerprint density at radius 2 is 1.90 bits per heavy atom. The molecule has 1 aliphatic carbocycles. The fraction of sp³-hybridized carbons (Fsp3) is 0.647. The molecule has 1 aromatic rings. The molecular weight excluding hydrogens is 270 g/mol. The third-order valence-electron chi connectivity index (χ3n) is 5.07. The fourth-order valence-corrected chi connectivity index (χ4v) is 3.99. The molecule has 20 heavy (non-hydrogen) atoms. The first-order valence-electron chi connectivity index (χ1n) is 7.32. The maximum absolute atomic E-state index is 9.59. The third kappa shape index (κ3) is 2.38. The van der Waals surface area contributed by atoms with Crippen molar-refractivity contribution in [2.24, 2.45) is 5.41 Å². The van der Waals surface area contributed by atoms with Crippen LogP contribution in [0.3, 0.4) is 0 Å². The van der Waals surface area contributed by atoms with E-state index < -0.39 is 0 Å². The normalized spacial score (nSPS) is 32.2. The SMILES string of the molecule is CC(C)(C)c1cccc(C23CNCC(CO)(C2)C3)c1.Cl. The van der Waals surface area contributed by atoms with E-state index in [0.29, 0.717) is 6.61 Å². The minimum absolute atomic E-state index is 0. The molecule has 2 aliphatic heterocycles. The third-order valence-corrected chi connectivity index (χ3v) is 5.07. The van der Waals surface area contributed by atoms with Gasteiger partial charge in [-0.3, -0.25) is 0 Å². The van der Waals surface area contributed by atoms with Crippen molar-refractivity contribution in [1.29, 1.82) is 0 Å². The van der Waals surface area contributed by atoms with E-state index in [1.54, 1.807) is 0 Å². The van der Waals surface area contributed by atoms with Crippen LogP contribution < -0.4 is 5.32 Å². The largest absolute Gasteiger partial charge is 0.396 e. The molecule has 0 amide bonds. The molecule has 0 radical (unpaired) electrons. The van der Waals surface area contributed by atoms with Crippen molar-refractivity contribution in [2.75, 3.05) is 19.7 Å². The number of fused-ring (bicyclic) bond motifs is 2. The number of aliphatic hydroxyl groups excluding tert-OH is 1. The van der Waals surface area contributed by atoms with Crippen LogP contribution in [0.25, 0.3) is 0 Å². The number of halogens is 1. The number of hydrogen-bond acceptors (Lipinski definition) is 2. The van der Waals surface area contributed by atoms with Crippen molar-refractivity contribution in [1.82, 2.24) is 5.32 Å². The van der Waals surface area contributed by atoms with Gasteiger partial charge >= 0.3 is 0 Å². The van der Waals surface area contributed by atoms with E-state index in [9.17, 15) is 5.11 Å². The van der Waals surface area contributed by atoms with Gasteiger partial charge in [-0.2, -0.15) is 0 Å². The smallest absolute Gasteiger partial charge is 0.0500 e. The maximum Gasteiger partial charge on any atom is 0.0500 e. The first-order valence-corrected chi connectivity index (χ1v) is 7.32. The molecule has 2 saturated heterocycles. The zero-order chi connectivity index (χ0) is 13.7. The maximum atomic E-state index is 9.59. The number of aliphatic hydroxyl groups is 1. The van der Waals surface area contributed by atoms with Gasteiger partial charge in [-0.05, 0) is 29.4 Å². The lowest BCUT2D eigenvalue weighted by Gasteiger charge is -2.60. The topological polar surface area (TPSA) is 32.3 Å². The summed E-state index contributed by atoms with van der Waals surface area (Å²) < 4.78 is 0. The zero-order valence-electron chi connectivity index (χ0n) is 12.7. The van der Waals surface area contributed by atoms with Gasteiger partial charge in [0, 0.05) is 30.5 Å². The molecule has 0 unspecified atom stereocenters. The van der Waals surface area contributed by atoms with Crippen molar-refractivity contribution in [3.8, 4) is 0 Å². The van der Waals surface area contributed by atoms with Gasteiger partial charge < -0.3 is 10.4 Å². The minimum atomic E-state index is 0. The molecule has 3 aliphatic rings. The molecule has 3 fully saturated rings. The molecule has 4 rings (SSSR count). The number of benzene rings is 1. The van der Waals surface area contributed by atoms with Crippen molar-refractivity contribution in [3.63, 3.8) is 0 Å². The van der Waals surface area contributed by atoms with Crippen LogP contribution in [0.5, 0.6) is 0 Å². The Morgan fingerprint density at radius 1 is 1.20 bits per heavy atom. The van der Waals surface area contributed by atoms with E-state index >= 15 is 0 Å². The van der Waals surface area contributed by atoms with Gasteiger partial charge in [0.15, 0.2) is 0 Å². The molecule has 2 nitrogen and oxygen atoms in total. The monoisotopic (exact) mass is 295 g/mol. The second-order valence-electron chi connectivity index (χ2n) is 7.73. The zero-order valence-corrected chi connectivity index (χ0v) is 13.5. The summed E-state index contributed by atoms with van der Waals surface area (Å²) >= 11 is 0. The highest BCUT2D eigenvalue weighted by atomic mass is 35.5. The highest BCUT2D eigenvalue weighted by Crippen LogP contribution is 2.57. The Hall–Kier alpha value is -0.570. The molecule has 1 saturated carbocycles. The average Bonchev–Trinajstić information content (AvgIpc) is 2.37. The van der Waals surface area contributed by atoms with E-state index in [0.717, 1.165) is 25.9 Å². The number of piperidine rings is 2. The fourth-order valence-electron chi connectivity index (χ4n) is 3.99. The van der Waals surface area contributed by atoms with E-state index in [2.05, 4.69) is 50.4 Å². The first-order chi connectivity index (χ1) is 8.89. The number of hydrogen-bond donors (Lipinski definition) is 2. The summed E-state index contributed by atoms with van der Waals surface area (Å²) in [5.74, 6) is 0. The second-order valence-corrected chi connectivity index (χ2v) is 7.73. The van der Waals surface area contributed by atoms with E-state index in [4.69, 9.17) is 0 Å². The predicted octanol–water partition coefficient (Wildman–Crippen LogP) is 3.02. The molecule has 112 valence electrons. The Labute approximate surface area is 128 Å². The van der Waals surface area contributed by atoms with Crippen LogP contribution in [0.15, 0.2) is 24.3 Å². The molecule has 0 spiro atoms. The van der Waals surface area contributed by atoms with Gasteiger partial charge in [-0.25, -0.2) is 0 Å². The number of rotatable bonds is 2. The quantitative estimate of drug-likeness (QED) is 0.879. The number of nitrogens with one attached hydrogen (secondary N) is 1. The molecule has 1 aromatic carbocycles. The van der Waals surface area contributed by atoms with Gasteiger partial charge in [0.05, 0.1) is 0 Å². The lowest BCUT2D eigenvalue weighted by atomic mass is 9.48. The molecule has 2 bridgehead atoms. The molecule has 0 aromatic heterocycles. The summed E-state index contributed by atoms with van der Waals surface area (Å²) in [7, 11) is 0. The van der Waals surface area contributed by atoms with E-state index in [-0.39, 0.29) is 28.7 Å². The van der Waals surface area contributed by atoms with Crippen molar-refractivity contribution in [3.05, 3.63) is 35.4 Å². The lowest BCUT2D eigenvalue weighted by Crippen LogP contribution is -2.65. The molecule has 3 heteroatoms. The van der Waals surface area contributed by atoms with Gasteiger partial charge in [0.25, 0.3) is 0 Å².